The van der Waals surface area contributed by atoms with Gasteiger partial charge in [-0.05, 0) is 63.8 Å². The summed E-state index contributed by atoms with van der Waals surface area (Å²) >= 11 is 0. The van der Waals surface area contributed by atoms with Crippen molar-refractivity contribution in [1.29, 1.82) is 0 Å². The second-order valence-corrected chi connectivity index (χ2v) is 12.0. The number of benzene rings is 1. The van der Waals surface area contributed by atoms with Crippen molar-refractivity contribution in [2.24, 2.45) is 4.74 Å². The number of rotatable bonds is 7. The van der Waals surface area contributed by atoms with E-state index in [1.807, 2.05) is 19.9 Å². The van der Waals surface area contributed by atoms with E-state index >= 15 is 0 Å². The van der Waals surface area contributed by atoms with Crippen molar-refractivity contribution < 1.29 is 14.1 Å². The Hall–Kier alpha value is -2.15. The average molecular weight is 489 g/mol. The van der Waals surface area contributed by atoms with Crippen molar-refractivity contribution in [2.75, 3.05) is 32.8 Å². The third-order valence-corrected chi connectivity index (χ3v) is 10.4. The predicted octanol–water partition coefficient (Wildman–Crippen LogP) is 6.64. The number of nitro groups is 1. The molecule has 0 spiro atoms. The molecule has 4 rings (SSSR count). The molecule has 34 heavy (non-hydrogen) atoms. The molecule has 2 aromatic rings. The van der Waals surface area contributed by atoms with Gasteiger partial charge in [0.2, 0.25) is 0 Å². The van der Waals surface area contributed by atoms with E-state index in [9.17, 15) is 10.1 Å². The first-order valence-electron chi connectivity index (χ1n) is 12.7. The van der Waals surface area contributed by atoms with Crippen molar-refractivity contribution in [3.05, 3.63) is 46.2 Å². The molecule has 0 bridgehead atoms. The Morgan fingerprint density at radius 3 is 2.03 bits per heavy atom. The zero-order valence-corrected chi connectivity index (χ0v) is 21.3. The Labute approximate surface area is 202 Å². The second kappa shape index (κ2) is 11.5. The van der Waals surface area contributed by atoms with Gasteiger partial charge in [-0.3, -0.25) is 19.5 Å². The molecule has 2 saturated heterocycles. The highest BCUT2D eigenvalue weighted by molar-refractivity contribution is 7.69. The first-order chi connectivity index (χ1) is 16.5. The first kappa shape index (κ1) is 25.0. The van der Waals surface area contributed by atoms with Crippen LogP contribution in [0.3, 0.4) is 0 Å². The number of aryl methyl sites for hydroxylation is 1. The van der Waals surface area contributed by atoms with Gasteiger partial charge in [-0.15, -0.1) is 0 Å². The molecule has 0 aliphatic carbocycles. The van der Waals surface area contributed by atoms with Gasteiger partial charge in [0.05, 0.1) is 17.6 Å². The van der Waals surface area contributed by atoms with E-state index in [0.29, 0.717) is 18.0 Å². The van der Waals surface area contributed by atoms with Gasteiger partial charge in [-0.2, -0.15) is 0 Å². The minimum absolute atomic E-state index is 0.0109. The topological polar surface area (TPSA) is 84.4 Å². The van der Waals surface area contributed by atoms with E-state index in [2.05, 4.69) is 15.4 Å². The molecule has 2 aliphatic heterocycles. The lowest BCUT2D eigenvalue weighted by atomic mass is 10.2. The Balaban J connectivity index is 1.97. The maximum Gasteiger partial charge on any atom is 0.298 e. The molecular formula is C25H37N4O4P. The molecule has 2 fully saturated rings. The van der Waals surface area contributed by atoms with Crippen LogP contribution < -0.4 is 10.2 Å². The average Bonchev–Trinajstić information content (AvgIpc) is 3.04. The summed E-state index contributed by atoms with van der Waals surface area (Å²) in [4.78, 5) is 11.8. The van der Waals surface area contributed by atoms with Gasteiger partial charge >= 0.3 is 0 Å². The van der Waals surface area contributed by atoms with Crippen LogP contribution in [-0.2, 0) is 0 Å². The number of furan rings is 1. The van der Waals surface area contributed by atoms with Gasteiger partial charge in [-0.25, -0.2) is 4.74 Å². The highest BCUT2D eigenvalue weighted by Crippen LogP contribution is 2.60. The van der Waals surface area contributed by atoms with Gasteiger partial charge in [0.15, 0.2) is 12.9 Å². The molecule has 0 radical (unpaired) electrons. The van der Waals surface area contributed by atoms with Gasteiger partial charge in [0.1, 0.15) is 17.2 Å². The molecule has 1 aromatic heterocycles. The monoisotopic (exact) mass is 488 g/mol. The highest BCUT2D eigenvalue weighted by Gasteiger charge is 2.40. The number of nitro benzene ring substituents is 1. The molecule has 186 valence electrons. The smallest absolute Gasteiger partial charge is 0.298 e. The third-order valence-electron chi connectivity index (χ3n) is 6.68. The lowest BCUT2D eigenvalue weighted by Crippen LogP contribution is -2.38. The largest absolute Gasteiger partial charge is 0.494 e. The fourth-order valence-corrected chi connectivity index (χ4v) is 8.98. The Bertz CT molecular complexity index is 998. The standard InChI is InChI=1S/C25H37N4O4P/c1-3-32-22-13-14-23(24(20-22)29(30)31)26-34(25-15-12-21(2)33-25,27-16-8-4-5-9-17-27)28-18-10-6-7-11-19-28/h12-15,20H,3-11,16-19H2,1-2H3. The fraction of sp³-hybridized carbons (Fsp3) is 0.600. The minimum atomic E-state index is -2.57. The van der Waals surface area contributed by atoms with E-state index in [1.54, 1.807) is 12.1 Å². The number of ether oxygens (including phenoxy) is 1. The summed E-state index contributed by atoms with van der Waals surface area (Å²) in [5, 5.41) is 12.1. The SMILES string of the molecule is CCOc1ccc(N=P(c2ccc(C)o2)(N2CCCCCC2)N2CCCCCC2)c([N+](=O)[O-])c1. The molecule has 1 aromatic carbocycles. The summed E-state index contributed by atoms with van der Waals surface area (Å²) in [5.74, 6) is 1.34. The van der Waals surface area contributed by atoms with Crippen molar-refractivity contribution in [2.45, 2.75) is 65.2 Å². The number of nitrogens with zero attached hydrogens (tertiary/aromatic N) is 4. The van der Waals surface area contributed by atoms with E-state index < -0.39 is 7.36 Å². The van der Waals surface area contributed by atoms with Crippen LogP contribution in [0.4, 0.5) is 11.4 Å². The summed E-state index contributed by atoms with van der Waals surface area (Å²) in [7, 11) is -2.57. The zero-order valence-electron chi connectivity index (χ0n) is 20.4. The summed E-state index contributed by atoms with van der Waals surface area (Å²) in [6.45, 7) is 8.01. The summed E-state index contributed by atoms with van der Waals surface area (Å²) < 4.78 is 22.3. The lowest BCUT2D eigenvalue weighted by Gasteiger charge is -2.42. The van der Waals surface area contributed by atoms with E-state index in [1.165, 1.54) is 31.7 Å². The first-order valence-corrected chi connectivity index (χ1v) is 14.3. The lowest BCUT2D eigenvalue weighted by molar-refractivity contribution is -0.384. The minimum Gasteiger partial charge on any atom is -0.494 e. The van der Waals surface area contributed by atoms with Crippen LogP contribution in [0.1, 0.15) is 64.1 Å². The fourth-order valence-electron chi connectivity index (χ4n) is 5.02. The normalized spacial score (nSPS) is 18.8. The van der Waals surface area contributed by atoms with Crippen LogP contribution in [0, 0.1) is 17.0 Å². The van der Waals surface area contributed by atoms with Gasteiger partial charge in [0, 0.05) is 26.2 Å². The molecule has 0 atom stereocenters. The quantitative estimate of drug-likeness (QED) is 0.247. The van der Waals surface area contributed by atoms with Crippen LogP contribution >= 0.6 is 7.36 Å². The van der Waals surface area contributed by atoms with Crippen molar-refractivity contribution >= 4 is 24.2 Å². The van der Waals surface area contributed by atoms with Crippen molar-refractivity contribution in [1.82, 2.24) is 9.34 Å². The molecule has 0 N–H and O–H groups in total. The van der Waals surface area contributed by atoms with Crippen molar-refractivity contribution in [3.63, 3.8) is 0 Å². The van der Waals surface area contributed by atoms with Crippen LogP contribution in [0.2, 0.25) is 0 Å². The molecular weight excluding hydrogens is 451 g/mol. The molecule has 0 amide bonds. The van der Waals surface area contributed by atoms with Crippen molar-refractivity contribution in [3.8, 4) is 5.75 Å². The molecule has 3 heterocycles. The highest BCUT2D eigenvalue weighted by atomic mass is 31.2. The molecule has 2 aliphatic rings. The van der Waals surface area contributed by atoms with Crippen LogP contribution in [0.25, 0.3) is 0 Å². The maximum absolute atomic E-state index is 12.1. The van der Waals surface area contributed by atoms with E-state index in [0.717, 1.165) is 63.1 Å². The van der Waals surface area contributed by atoms with E-state index in [-0.39, 0.29) is 10.6 Å². The third kappa shape index (κ3) is 5.40. The van der Waals surface area contributed by atoms with Crippen LogP contribution in [0.15, 0.2) is 39.5 Å². The predicted molar refractivity (Wildman–Crippen MR) is 136 cm³/mol. The number of hydrogen-bond acceptors (Lipinski definition) is 5. The summed E-state index contributed by atoms with van der Waals surface area (Å²) in [5.41, 5.74) is 1.25. The molecule has 9 heteroatoms. The molecule has 0 unspecified atom stereocenters. The van der Waals surface area contributed by atoms with Gasteiger partial charge in [-0.1, -0.05) is 25.7 Å². The van der Waals surface area contributed by atoms with Crippen LogP contribution in [0.5, 0.6) is 5.75 Å². The molecule has 8 nitrogen and oxygen atoms in total. The Morgan fingerprint density at radius 1 is 0.971 bits per heavy atom. The molecule has 0 saturated carbocycles. The maximum atomic E-state index is 12.1. The number of hydrogen-bond donors (Lipinski definition) is 0. The Morgan fingerprint density at radius 2 is 1.56 bits per heavy atom. The van der Waals surface area contributed by atoms with Gasteiger partial charge < -0.3 is 9.15 Å². The van der Waals surface area contributed by atoms with Crippen LogP contribution in [-0.4, -0.2) is 47.1 Å². The summed E-state index contributed by atoms with van der Waals surface area (Å²) in [6, 6.07) is 9.12. The van der Waals surface area contributed by atoms with E-state index in [4.69, 9.17) is 13.9 Å². The second-order valence-electron chi connectivity index (χ2n) is 9.13. The summed E-state index contributed by atoms with van der Waals surface area (Å²) in [6.07, 6.45) is 9.25. The Kier molecular flexibility index (Phi) is 8.46. The van der Waals surface area contributed by atoms with Gasteiger partial charge in [0.25, 0.3) is 5.69 Å². The zero-order chi connectivity index (χ0) is 24.0.